The van der Waals surface area contributed by atoms with Gasteiger partial charge in [0.2, 0.25) is 0 Å². The van der Waals surface area contributed by atoms with Crippen LogP contribution in [0.3, 0.4) is 0 Å². The number of hydrogen-bond acceptors (Lipinski definition) is 4. The highest BCUT2D eigenvalue weighted by Crippen LogP contribution is 2.31. The Hall–Kier alpha value is -3.03. The molecule has 0 saturated carbocycles. The summed E-state index contributed by atoms with van der Waals surface area (Å²) in [6.45, 7) is 3.62. The van der Waals surface area contributed by atoms with Crippen molar-refractivity contribution in [2.45, 2.75) is 24.8 Å². The fourth-order valence-electron chi connectivity index (χ4n) is 3.29. The zero-order valence-electron chi connectivity index (χ0n) is 18.3. The van der Waals surface area contributed by atoms with E-state index < -0.39 is 10.0 Å². The number of sulfonamides is 1. The molecule has 168 valence electrons. The van der Waals surface area contributed by atoms with E-state index >= 15 is 0 Å². The summed E-state index contributed by atoms with van der Waals surface area (Å²) in [5.41, 5.74) is 2.25. The van der Waals surface area contributed by atoms with Gasteiger partial charge in [-0.1, -0.05) is 41.9 Å². The number of nitrogens with one attached hydrogen (secondary N) is 1. The lowest BCUT2D eigenvalue weighted by Crippen LogP contribution is -2.29. The lowest BCUT2D eigenvalue weighted by atomic mass is 10.1. The molecule has 0 aliphatic carbocycles. The highest BCUT2D eigenvalue weighted by molar-refractivity contribution is 7.92. The van der Waals surface area contributed by atoms with E-state index in [9.17, 15) is 13.2 Å². The Morgan fingerprint density at radius 1 is 1.06 bits per heavy atom. The maximum atomic E-state index is 13.3. The maximum Gasteiger partial charge on any atom is 0.264 e. The Morgan fingerprint density at radius 2 is 1.72 bits per heavy atom. The number of aryl methyl sites for hydroxylation is 1. The number of rotatable bonds is 7. The second kappa shape index (κ2) is 9.63. The average Bonchev–Trinajstić information content (AvgIpc) is 2.78. The minimum Gasteiger partial charge on any atom is -0.495 e. The van der Waals surface area contributed by atoms with Crippen LogP contribution in [0.1, 0.15) is 34.5 Å². The fourth-order valence-corrected chi connectivity index (χ4v) is 4.65. The highest BCUT2D eigenvalue weighted by Gasteiger charge is 2.25. The maximum absolute atomic E-state index is 13.3. The number of hydrogen-bond donors (Lipinski definition) is 1. The van der Waals surface area contributed by atoms with Crippen LogP contribution in [0, 0.1) is 6.92 Å². The topological polar surface area (TPSA) is 75.7 Å². The van der Waals surface area contributed by atoms with Gasteiger partial charge in [0.1, 0.15) is 5.75 Å². The molecule has 1 amide bonds. The van der Waals surface area contributed by atoms with Crippen molar-refractivity contribution in [3.8, 4) is 5.75 Å². The van der Waals surface area contributed by atoms with E-state index in [1.807, 2.05) is 19.1 Å². The lowest BCUT2D eigenvalue weighted by molar-refractivity contribution is 0.0939. The molecule has 6 nitrogen and oxygen atoms in total. The quantitative estimate of drug-likeness (QED) is 0.526. The molecule has 3 rings (SSSR count). The van der Waals surface area contributed by atoms with Gasteiger partial charge in [0.05, 0.1) is 23.7 Å². The molecule has 0 saturated heterocycles. The first-order valence-corrected chi connectivity index (χ1v) is 11.8. The third-order valence-corrected chi connectivity index (χ3v) is 7.27. The average molecular weight is 473 g/mol. The van der Waals surface area contributed by atoms with Gasteiger partial charge in [0, 0.05) is 17.6 Å². The molecule has 1 N–H and O–H groups in total. The second-order valence-electron chi connectivity index (χ2n) is 7.37. The number of para-hydroxylation sites is 2. The summed E-state index contributed by atoms with van der Waals surface area (Å²) in [6.07, 6.45) is 0. The predicted molar refractivity (Wildman–Crippen MR) is 127 cm³/mol. The van der Waals surface area contributed by atoms with Crippen LogP contribution in [0.15, 0.2) is 71.6 Å². The Kier molecular flexibility index (Phi) is 7.11. The summed E-state index contributed by atoms with van der Waals surface area (Å²) in [6, 6.07) is 18.3. The third kappa shape index (κ3) is 4.89. The summed E-state index contributed by atoms with van der Waals surface area (Å²) in [4.78, 5) is 13.0. The van der Waals surface area contributed by atoms with E-state index in [4.69, 9.17) is 16.3 Å². The summed E-state index contributed by atoms with van der Waals surface area (Å²) in [5, 5.41) is 3.53. The van der Waals surface area contributed by atoms with Gasteiger partial charge in [-0.15, -0.1) is 0 Å². The normalized spacial score (nSPS) is 12.2. The monoisotopic (exact) mass is 472 g/mol. The summed E-state index contributed by atoms with van der Waals surface area (Å²) < 4.78 is 33.0. The van der Waals surface area contributed by atoms with Crippen LogP contribution in [0.5, 0.6) is 5.75 Å². The largest absolute Gasteiger partial charge is 0.495 e. The van der Waals surface area contributed by atoms with Crippen molar-refractivity contribution in [3.05, 3.63) is 88.4 Å². The van der Waals surface area contributed by atoms with E-state index in [-0.39, 0.29) is 16.8 Å². The van der Waals surface area contributed by atoms with Crippen LogP contribution < -0.4 is 14.4 Å². The number of anilines is 1. The predicted octanol–water partition coefficient (Wildman–Crippen LogP) is 4.97. The van der Waals surface area contributed by atoms with Crippen LogP contribution in [0.25, 0.3) is 0 Å². The van der Waals surface area contributed by atoms with Gasteiger partial charge in [0.25, 0.3) is 15.9 Å². The molecule has 0 aliphatic rings. The smallest absolute Gasteiger partial charge is 0.264 e. The van der Waals surface area contributed by atoms with Crippen LogP contribution in [-0.2, 0) is 10.0 Å². The van der Waals surface area contributed by atoms with Crippen LogP contribution in [0.4, 0.5) is 5.69 Å². The van der Waals surface area contributed by atoms with Crippen molar-refractivity contribution in [2.24, 2.45) is 0 Å². The van der Waals surface area contributed by atoms with E-state index in [2.05, 4.69) is 5.32 Å². The zero-order chi connectivity index (χ0) is 23.5. The summed E-state index contributed by atoms with van der Waals surface area (Å²) in [5.74, 6) is 0.0717. The van der Waals surface area contributed by atoms with E-state index in [1.165, 1.54) is 26.3 Å². The van der Waals surface area contributed by atoms with Gasteiger partial charge in [-0.25, -0.2) is 8.42 Å². The summed E-state index contributed by atoms with van der Waals surface area (Å²) >= 11 is 5.93. The van der Waals surface area contributed by atoms with Crippen molar-refractivity contribution < 1.29 is 17.9 Å². The number of benzene rings is 3. The standard InChI is InChI=1S/C24H25ClN2O4S/c1-16-9-14-20(32(29,30)27(3)22-7-5-6-8-23(22)31-4)15-21(16)24(28)26-17(2)18-10-12-19(25)13-11-18/h5-15,17H,1-4H3,(H,26,28). The van der Waals surface area contributed by atoms with Gasteiger partial charge < -0.3 is 10.1 Å². The molecule has 0 aliphatic heterocycles. The van der Waals surface area contributed by atoms with E-state index in [0.29, 0.717) is 27.6 Å². The number of nitrogens with zero attached hydrogens (tertiary/aromatic N) is 1. The Bertz CT molecular complexity index is 1230. The second-order valence-corrected chi connectivity index (χ2v) is 9.77. The molecule has 0 spiro atoms. The van der Waals surface area contributed by atoms with Crippen molar-refractivity contribution in [1.29, 1.82) is 0 Å². The molecule has 3 aromatic rings. The Morgan fingerprint density at radius 3 is 2.38 bits per heavy atom. The van der Waals surface area contributed by atoms with Gasteiger partial charge in [-0.2, -0.15) is 0 Å². The first kappa shape index (κ1) is 23.6. The third-order valence-electron chi connectivity index (χ3n) is 5.25. The number of carbonyl (C=O) groups is 1. The van der Waals surface area contributed by atoms with Crippen molar-refractivity contribution in [3.63, 3.8) is 0 Å². The van der Waals surface area contributed by atoms with Crippen LogP contribution in [-0.4, -0.2) is 28.5 Å². The molecule has 3 aromatic carbocycles. The molecule has 1 unspecified atom stereocenters. The number of carbonyl (C=O) groups excluding carboxylic acids is 1. The molecular weight excluding hydrogens is 448 g/mol. The molecule has 1 atom stereocenters. The number of ether oxygens (including phenoxy) is 1. The molecule has 0 fully saturated rings. The first-order valence-electron chi connectivity index (χ1n) is 9.94. The molecule has 0 bridgehead atoms. The van der Waals surface area contributed by atoms with Gasteiger partial charge in [0.15, 0.2) is 0 Å². The lowest BCUT2D eigenvalue weighted by Gasteiger charge is -2.22. The van der Waals surface area contributed by atoms with Gasteiger partial charge in [-0.05, 0) is 61.4 Å². The minimum atomic E-state index is -3.92. The molecule has 32 heavy (non-hydrogen) atoms. The molecule has 8 heteroatoms. The van der Waals surface area contributed by atoms with Crippen LogP contribution >= 0.6 is 11.6 Å². The summed E-state index contributed by atoms with van der Waals surface area (Å²) in [7, 11) is -0.989. The number of amides is 1. The van der Waals surface area contributed by atoms with Gasteiger partial charge >= 0.3 is 0 Å². The van der Waals surface area contributed by atoms with Crippen molar-refractivity contribution >= 4 is 33.2 Å². The zero-order valence-corrected chi connectivity index (χ0v) is 19.9. The Balaban J connectivity index is 1.90. The molecular formula is C24H25ClN2O4S. The minimum absolute atomic E-state index is 0.0146. The van der Waals surface area contributed by atoms with E-state index in [0.717, 1.165) is 9.87 Å². The SMILES string of the molecule is COc1ccccc1N(C)S(=O)(=O)c1ccc(C)c(C(=O)NC(C)c2ccc(Cl)cc2)c1. The molecule has 0 heterocycles. The van der Waals surface area contributed by atoms with Crippen molar-refractivity contribution in [2.75, 3.05) is 18.5 Å². The van der Waals surface area contributed by atoms with Gasteiger partial charge in [-0.3, -0.25) is 9.10 Å². The fraction of sp³-hybridized carbons (Fsp3) is 0.208. The van der Waals surface area contributed by atoms with Crippen LogP contribution in [0.2, 0.25) is 5.02 Å². The first-order chi connectivity index (χ1) is 15.1. The Labute approximate surface area is 193 Å². The molecule has 0 aromatic heterocycles. The van der Waals surface area contributed by atoms with Crippen molar-refractivity contribution in [1.82, 2.24) is 5.32 Å². The molecule has 0 radical (unpaired) electrons. The highest BCUT2D eigenvalue weighted by atomic mass is 35.5. The number of methoxy groups -OCH3 is 1. The number of halogens is 1. The van der Waals surface area contributed by atoms with E-state index in [1.54, 1.807) is 49.4 Å².